The van der Waals surface area contributed by atoms with Crippen molar-refractivity contribution in [3.63, 3.8) is 0 Å². The van der Waals surface area contributed by atoms with Gasteiger partial charge in [0.05, 0.1) is 30.2 Å². The second-order valence-corrected chi connectivity index (χ2v) is 9.25. The zero-order chi connectivity index (χ0) is 28.2. The van der Waals surface area contributed by atoms with Crippen LogP contribution in [0.2, 0.25) is 0 Å². The highest BCUT2D eigenvalue weighted by Crippen LogP contribution is 2.56. The Morgan fingerprint density at radius 3 is 2.28 bits per heavy atom. The molecule has 2 aromatic carbocycles. The highest BCUT2D eigenvalue weighted by molar-refractivity contribution is 5.85. The van der Waals surface area contributed by atoms with E-state index in [9.17, 15) is 35.9 Å². The molecule has 3 aliphatic rings. The molecule has 0 spiro atoms. The SMILES string of the molecule is COC1=CC(=O)OC1C(c1ccccc1C(F)(F)F)C1(c2ccccc2C(F)(F)F)OOC(=O)[C@@H]2CCCN21. The molecule has 3 heterocycles. The first-order valence-electron chi connectivity index (χ1n) is 11.8. The summed E-state index contributed by atoms with van der Waals surface area (Å²) < 4.78 is 97.0. The molecule has 5 rings (SSSR count). The van der Waals surface area contributed by atoms with Gasteiger partial charge in [0.2, 0.25) is 5.72 Å². The third-order valence-electron chi connectivity index (χ3n) is 7.17. The highest BCUT2D eigenvalue weighted by Gasteiger charge is 2.64. The number of carbonyl (C=O) groups excluding carboxylic acids is 2. The molecule has 0 saturated carbocycles. The number of benzene rings is 2. The number of ether oxygens (including phenoxy) is 2. The monoisotopic (exact) mass is 557 g/mol. The molecule has 0 aliphatic carbocycles. The number of methoxy groups -OCH3 is 1. The predicted molar refractivity (Wildman–Crippen MR) is 119 cm³/mol. The summed E-state index contributed by atoms with van der Waals surface area (Å²) in [6.45, 7) is -0.0245. The summed E-state index contributed by atoms with van der Waals surface area (Å²) in [4.78, 5) is 36.8. The number of hydrogen-bond acceptors (Lipinski definition) is 7. The fraction of sp³-hybridized carbons (Fsp3) is 0.385. The average Bonchev–Trinajstić information content (AvgIpc) is 3.53. The summed E-state index contributed by atoms with van der Waals surface area (Å²) in [6.07, 6.45) is -10.3. The van der Waals surface area contributed by atoms with Crippen molar-refractivity contribution >= 4 is 11.9 Å². The van der Waals surface area contributed by atoms with Crippen LogP contribution in [0.3, 0.4) is 0 Å². The minimum absolute atomic E-state index is 0.0245. The van der Waals surface area contributed by atoms with Crippen LogP contribution in [-0.4, -0.2) is 42.6 Å². The van der Waals surface area contributed by atoms with Gasteiger partial charge in [0.1, 0.15) is 11.8 Å². The van der Waals surface area contributed by atoms with Crippen molar-refractivity contribution in [2.45, 2.75) is 49.0 Å². The standard InChI is InChI=1S/C26H21F6NO6/c1-36-19-13-20(34)37-22(19)21(14-7-2-3-8-15(14)25(27,28)29)24(16-9-4-5-10-17(16)26(30,31)32)33-12-6-11-18(33)23(35)38-39-24/h2-5,7-10,13,18,21-22H,6,11-12H2,1H3/t18-,21?,22?,24?/m0/s1. The molecule has 2 aromatic rings. The smallest absolute Gasteiger partial charge is 0.416 e. The summed E-state index contributed by atoms with van der Waals surface area (Å²) in [7, 11) is 1.14. The maximum Gasteiger partial charge on any atom is 0.416 e. The minimum atomic E-state index is -4.98. The number of cyclic esters (lactones) is 1. The zero-order valence-corrected chi connectivity index (χ0v) is 20.2. The fourth-order valence-electron chi connectivity index (χ4n) is 5.69. The van der Waals surface area contributed by atoms with Gasteiger partial charge in [-0.1, -0.05) is 36.4 Å². The molecule has 3 aliphatic heterocycles. The van der Waals surface area contributed by atoms with E-state index in [4.69, 9.17) is 19.2 Å². The molecule has 7 nitrogen and oxygen atoms in total. The Kier molecular flexibility index (Phi) is 6.62. The van der Waals surface area contributed by atoms with Gasteiger partial charge in [0.25, 0.3) is 0 Å². The first-order chi connectivity index (χ1) is 18.4. The Morgan fingerprint density at radius 2 is 1.62 bits per heavy atom. The number of nitrogens with zero attached hydrogens (tertiary/aromatic N) is 1. The third-order valence-corrected chi connectivity index (χ3v) is 7.17. The van der Waals surface area contributed by atoms with E-state index >= 15 is 0 Å². The molecule has 0 amide bonds. The first-order valence-corrected chi connectivity index (χ1v) is 11.8. The van der Waals surface area contributed by atoms with E-state index in [1.54, 1.807) is 0 Å². The molecule has 13 heteroatoms. The van der Waals surface area contributed by atoms with Crippen LogP contribution in [-0.2, 0) is 46.9 Å². The van der Waals surface area contributed by atoms with Gasteiger partial charge in [-0.05, 0) is 30.5 Å². The van der Waals surface area contributed by atoms with Gasteiger partial charge in [0.15, 0.2) is 6.10 Å². The van der Waals surface area contributed by atoms with E-state index in [0.29, 0.717) is 6.42 Å². The Morgan fingerprint density at radius 1 is 0.974 bits per heavy atom. The van der Waals surface area contributed by atoms with E-state index in [1.807, 2.05) is 0 Å². The lowest BCUT2D eigenvalue weighted by molar-refractivity contribution is -0.412. The van der Waals surface area contributed by atoms with Crippen LogP contribution in [0.15, 0.2) is 60.4 Å². The number of fused-ring (bicyclic) bond motifs is 1. The molecular formula is C26H21F6NO6. The van der Waals surface area contributed by atoms with Gasteiger partial charge in [-0.15, -0.1) is 0 Å². The van der Waals surface area contributed by atoms with Crippen LogP contribution in [0, 0.1) is 0 Å². The lowest BCUT2D eigenvalue weighted by atomic mass is 9.74. The summed E-state index contributed by atoms with van der Waals surface area (Å²) in [5, 5.41) is 0. The predicted octanol–water partition coefficient (Wildman–Crippen LogP) is 5.07. The van der Waals surface area contributed by atoms with Crippen LogP contribution in [0.1, 0.15) is 41.0 Å². The molecule has 3 unspecified atom stereocenters. The Labute approximate surface area is 217 Å². The van der Waals surface area contributed by atoms with Crippen LogP contribution >= 0.6 is 0 Å². The maximum absolute atomic E-state index is 14.4. The van der Waals surface area contributed by atoms with Crippen LogP contribution in [0.25, 0.3) is 0 Å². The summed E-state index contributed by atoms with van der Waals surface area (Å²) in [5.41, 5.74) is -6.11. The van der Waals surface area contributed by atoms with Crippen molar-refractivity contribution in [2.75, 3.05) is 13.7 Å². The van der Waals surface area contributed by atoms with Gasteiger partial charge in [-0.2, -0.15) is 31.2 Å². The molecular weight excluding hydrogens is 536 g/mol. The average molecular weight is 557 g/mol. The number of esters is 1. The molecule has 0 N–H and O–H groups in total. The van der Waals surface area contributed by atoms with Crippen LogP contribution in [0.4, 0.5) is 26.3 Å². The number of halogens is 6. The van der Waals surface area contributed by atoms with Crippen molar-refractivity contribution in [2.24, 2.45) is 0 Å². The quantitative estimate of drug-likeness (QED) is 0.289. The number of alkyl halides is 6. The Balaban J connectivity index is 1.89. The molecule has 0 bridgehead atoms. The lowest BCUT2D eigenvalue weighted by Crippen LogP contribution is -2.63. The molecule has 0 radical (unpaired) electrons. The number of hydrogen-bond donors (Lipinski definition) is 0. The first kappa shape index (κ1) is 27.0. The van der Waals surface area contributed by atoms with Crippen molar-refractivity contribution in [3.8, 4) is 0 Å². The fourth-order valence-corrected chi connectivity index (χ4v) is 5.69. The maximum atomic E-state index is 14.4. The van der Waals surface area contributed by atoms with E-state index in [2.05, 4.69) is 0 Å². The molecule has 208 valence electrons. The molecule has 0 aromatic heterocycles. The van der Waals surface area contributed by atoms with E-state index in [0.717, 1.165) is 49.6 Å². The van der Waals surface area contributed by atoms with Gasteiger partial charge in [-0.25, -0.2) is 9.59 Å². The zero-order valence-electron chi connectivity index (χ0n) is 20.2. The molecule has 2 saturated heterocycles. The molecule has 4 atom stereocenters. The van der Waals surface area contributed by atoms with Crippen molar-refractivity contribution < 1.29 is 55.2 Å². The Bertz CT molecular complexity index is 1320. The number of rotatable bonds is 5. The van der Waals surface area contributed by atoms with E-state index < -0.39 is 70.3 Å². The van der Waals surface area contributed by atoms with E-state index in [-0.39, 0.29) is 18.7 Å². The van der Waals surface area contributed by atoms with Crippen molar-refractivity contribution in [1.82, 2.24) is 4.90 Å². The minimum Gasteiger partial charge on any atom is -0.497 e. The Hall–Kier alpha value is -3.58. The van der Waals surface area contributed by atoms with Crippen LogP contribution < -0.4 is 0 Å². The molecule has 39 heavy (non-hydrogen) atoms. The van der Waals surface area contributed by atoms with Crippen molar-refractivity contribution in [1.29, 1.82) is 0 Å². The van der Waals surface area contributed by atoms with Gasteiger partial charge in [0, 0.05) is 12.1 Å². The van der Waals surface area contributed by atoms with Crippen LogP contribution in [0.5, 0.6) is 0 Å². The largest absolute Gasteiger partial charge is 0.497 e. The summed E-state index contributed by atoms with van der Waals surface area (Å²) in [5.74, 6) is -3.95. The van der Waals surface area contributed by atoms with Gasteiger partial charge in [-0.3, -0.25) is 9.79 Å². The second-order valence-electron chi connectivity index (χ2n) is 9.25. The van der Waals surface area contributed by atoms with Gasteiger partial charge >= 0.3 is 24.3 Å². The highest BCUT2D eigenvalue weighted by atomic mass is 19.4. The second kappa shape index (κ2) is 9.56. The summed E-state index contributed by atoms with van der Waals surface area (Å²) >= 11 is 0. The molecule has 2 fully saturated rings. The topological polar surface area (TPSA) is 74.3 Å². The third kappa shape index (κ3) is 4.42. The normalized spacial score (nSPS) is 26.5. The summed E-state index contributed by atoms with van der Waals surface area (Å²) in [6, 6.07) is 7.26. The number of carbonyl (C=O) groups is 2. The van der Waals surface area contributed by atoms with Crippen molar-refractivity contribution in [3.05, 3.63) is 82.6 Å². The van der Waals surface area contributed by atoms with Gasteiger partial charge < -0.3 is 9.47 Å². The van der Waals surface area contributed by atoms with E-state index in [1.165, 1.54) is 17.0 Å². The lowest BCUT2D eigenvalue weighted by Gasteiger charge is -2.51.